The predicted molar refractivity (Wildman–Crippen MR) is 50.5 cm³/mol. The van der Waals surface area contributed by atoms with Gasteiger partial charge in [-0.25, -0.2) is 0 Å². The van der Waals surface area contributed by atoms with E-state index in [0.717, 1.165) is 32.6 Å². The normalized spacial score (nSPS) is 18.5. The van der Waals surface area contributed by atoms with Gasteiger partial charge in [-0.05, 0) is 12.8 Å². The third kappa shape index (κ3) is 4.24. The number of rotatable bonds is 4. The van der Waals surface area contributed by atoms with Gasteiger partial charge >= 0.3 is 0 Å². The first-order chi connectivity index (χ1) is 6.33. The Morgan fingerprint density at radius 1 is 1.46 bits per heavy atom. The Hall–Kier alpha value is -0.610. The van der Waals surface area contributed by atoms with Gasteiger partial charge in [0.2, 0.25) is 5.91 Å². The van der Waals surface area contributed by atoms with Gasteiger partial charge in [-0.1, -0.05) is 0 Å². The van der Waals surface area contributed by atoms with Crippen molar-refractivity contribution in [2.24, 2.45) is 0 Å². The molecule has 0 saturated carbocycles. The summed E-state index contributed by atoms with van der Waals surface area (Å²) in [7, 11) is 1.66. The summed E-state index contributed by atoms with van der Waals surface area (Å²) in [5.74, 6) is 0.0968. The van der Waals surface area contributed by atoms with Crippen LogP contribution in [0.1, 0.15) is 19.3 Å². The lowest BCUT2D eigenvalue weighted by molar-refractivity contribution is -0.120. The molecule has 2 N–H and O–H groups in total. The summed E-state index contributed by atoms with van der Waals surface area (Å²) in [5.41, 5.74) is 0. The molecule has 13 heavy (non-hydrogen) atoms. The molecule has 0 spiro atoms. The molecule has 0 aromatic carbocycles. The monoisotopic (exact) mass is 186 g/mol. The first-order valence-corrected chi connectivity index (χ1v) is 4.84. The van der Waals surface area contributed by atoms with Crippen LogP contribution >= 0.6 is 0 Å². The Kier molecular flexibility index (Phi) is 4.78. The zero-order valence-electron chi connectivity index (χ0n) is 8.14. The van der Waals surface area contributed by atoms with Gasteiger partial charge in [0.05, 0.1) is 0 Å². The van der Waals surface area contributed by atoms with Crippen molar-refractivity contribution in [2.45, 2.75) is 25.3 Å². The van der Waals surface area contributed by atoms with Crippen LogP contribution in [0, 0.1) is 0 Å². The zero-order valence-corrected chi connectivity index (χ0v) is 8.14. The number of amides is 1. The number of carbonyl (C=O) groups is 1. The van der Waals surface area contributed by atoms with Crippen LogP contribution in [0.25, 0.3) is 0 Å². The predicted octanol–water partition coefficient (Wildman–Crippen LogP) is -0.109. The van der Waals surface area contributed by atoms with Gasteiger partial charge in [-0.15, -0.1) is 0 Å². The Morgan fingerprint density at radius 2 is 2.15 bits per heavy atom. The van der Waals surface area contributed by atoms with Crippen molar-refractivity contribution in [3.8, 4) is 0 Å². The summed E-state index contributed by atoms with van der Waals surface area (Å²) in [6.45, 7) is 2.46. The Morgan fingerprint density at radius 3 is 2.77 bits per heavy atom. The molecule has 4 nitrogen and oxygen atoms in total. The van der Waals surface area contributed by atoms with E-state index in [1.807, 2.05) is 0 Å². The minimum absolute atomic E-state index is 0.0968. The molecule has 4 heteroatoms. The van der Waals surface area contributed by atoms with E-state index in [1.54, 1.807) is 7.05 Å². The van der Waals surface area contributed by atoms with Gasteiger partial charge < -0.3 is 15.4 Å². The van der Waals surface area contributed by atoms with Crippen molar-refractivity contribution < 1.29 is 9.53 Å². The molecule has 0 aromatic rings. The highest BCUT2D eigenvalue weighted by Gasteiger charge is 2.12. The molecule has 1 rings (SSSR count). The van der Waals surface area contributed by atoms with Gasteiger partial charge in [0.1, 0.15) is 0 Å². The fraction of sp³-hybridized carbons (Fsp3) is 0.889. The van der Waals surface area contributed by atoms with Crippen molar-refractivity contribution in [1.29, 1.82) is 0 Å². The minimum Gasteiger partial charge on any atom is -0.381 e. The van der Waals surface area contributed by atoms with E-state index < -0.39 is 0 Å². The average Bonchev–Trinajstić information content (AvgIpc) is 2.19. The minimum atomic E-state index is 0.0968. The van der Waals surface area contributed by atoms with E-state index in [4.69, 9.17) is 4.74 Å². The Balaban J connectivity index is 2.01. The van der Waals surface area contributed by atoms with Gasteiger partial charge in [0, 0.05) is 39.3 Å². The van der Waals surface area contributed by atoms with Gasteiger partial charge in [0.25, 0.3) is 0 Å². The number of ether oxygens (including phenoxy) is 1. The molecule has 1 aliphatic heterocycles. The lowest BCUT2D eigenvalue weighted by atomic mass is 10.1. The van der Waals surface area contributed by atoms with Crippen LogP contribution in [0.5, 0.6) is 0 Å². The molecule has 0 atom stereocenters. The molecule has 1 amide bonds. The second-order valence-electron chi connectivity index (χ2n) is 3.26. The molecular formula is C9H18N2O2. The number of carbonyl (C=O) groups excluding carboxylic acids is 1. The quantitative estimate of drug-likeness (QED) is 0.644. The van der Waals surface area contributed by atoms with Crippen molar-refractivity contribution in [2.75, 3.05) is 26.8 Å². The maximum Gasteiger partial charge on any atom is 0.221 e. The number of hydrogen-bond acceptors (Lipinski definition) is 3. The molecule has 0 unspecified atom stereocenters. The maximum atomic E-state index is 10.9. The van der Waals surface area contributed by atoms with Crippen LogP contribution in [0.4, 0.5) is 0 Å². The van der Waals surface area contributed by atoms with Crippen LogP contribution in [-0.2, 0) is 9.53 Å². The second kappa shape index (κ2) is 5.94. The van der Waals surface area contributed by atoms with E-state index in [1.165, 1.54) is 0 Å². The third-order valence-corrected chi connectivity index (χ3v) is 2.29. The summed E-state index contributed by atoms with van der Waals surface area (Å²) in [5, 5.41) is 5.95. The zero-order chi connectivity index (χ0) is 9.52. The smallest absolute Gasteiger partial charge is 0.221 e. The molecule has 76 valence electrons. The van der Waals surface area contributed by atoms with Crippen molar-refractivity contribution in [1.82, 2.24) is 10.6 Å². The highest BCUT2D eigenvalue weighted by molar-refractivity contribution is 5.75. The van der Waals surface area contributed by atoms with Crippen molar-refractivity contribution in [3.63, 3.8) is 0 Å². The van der Waals surface area contributed by atoms with E-state index in [-0.39, 0.29) is 5.91 Å². The fourth-order valence-electron chi connectivity index (χ4n) is 1.42. The number of hydrogen-bond donors (Lipinski definition) is 2. The highest BCUT2D eigenvalue weighted by Crippen LogP contribution is 2.05. The average molecular weight is 186 g/mol. The van der Waals surface area contributed by atoms with E-state index in [0.29, 0.717) is 12.5 Å². The van der Waals surface area contributed by atoms with Crippen molar-refractivity contribution >= 4 is 5.91 Å². The third-order valence-electron chi connectivity index (χ3n) is 2.29. The Bertz CT molecular complexity index is 156. The molecule has 0 radical (unpaired) electrons. The maximum absolute atomic E-state index is 10.9. The van der Waals surface area contributed by atoms with Crippen LogP contribution in [0.2, 0.25) is 0 Å². The van der Waals surface area contributed by atoms with Crippen LogP contribution < -0.4 is 10.6 Å². The first-order valence-electron chi connectivity index (χ1n) is 4.84. The topological polar surface area (TPSA) is 50.4 Å². The summed E-state index contributed by atoms with van der Waals surface area (Å²) >= 11 is 0. The van der Waals surface area contributed by atoms with Crippen LogP contribution in [0.3, 0.4) is 0 Å². The van der Waals surface area contributed by atoms with E-state index in [2.05, 4.69) is 10.6 Å². The van der Waals surface area contributed by atoms with Gasteiger partial charge in [0.15, 0.2) is 0 Å². The van der Waals surface area contributed by atoms with Gasteiger partial charge in [-0.2, -0.15) is 0 Å². The molecular weight excluding hydrogens is 168 g/mol. The SMILES string of the molecule is CNC(=O)CCNC1CCOCC1. The Labute approximate surface area is 79.0 Å². The second-order valence-corrected chi connectivity index (χ2v) is 3.26. The standard InChI is InChI=1S/C9H18N2O2/c1-10-9(12)2-5-11-8-3-6-13-7-4-8/h8,11H,2-7H2,1H3,(H,10,12). The summed E-state index contributed by atoms with van der Waals surface area (Å²) < 4.78 is 5.23. The van der Waals surface area contributed by atoms with Crippen LogP contribution in [0.15, 0.2) is 0 Å². The molecule has 0 bridgehead atoms. The summed E-state index contributed by atoms with van der Waals surface area (Å²) in [4.78, 5) is 10.9. The molecule has 0 aromatic heterocycles. The highest BCUT2D eigenvalue weighted by atomic mass is 16.5. The van der Waals surface area contributed by atoms with Gasteiger partial charge in [-0.3, -0.25) is 4.79 Å². The largest absolute Gasteiger partial charge is 0.381 e. The molecule has 1 fully saturated rings. The summed E-state index contributed by atoms with van der Waals surface area (Å²) in [6, 6.07) is 0.540. The lowest BCUT2D eigenvalue weighted by Gasteiger charge is -2.22. The lowest BCUT2D eigenvalue weighted by Crippen LogP contribution is -2.36. The van der Waals surface area contributed by atoms with E-state index >= 15 is 0 Å². The fourth-order valence-corrected chi connectivity index (χ4v) is 1.42. The summed E-state index contributed by atoms with van der Waals surface area (Å²) in [6.07, 6.45) is 2.69. The first kappa shape index (κ1) is 10.5. The molecule has 1 heterocycles. The number of nitrogens with one attached hydrogen (secondary N) is 2. The van der Waals surface area contributed by atoms with Crippen molar-refractivity contribution in [3.05, 3.63) is 0 Å². The molecule has 0 aliphatic carbocycles. The van der Waals surface area contributed by atoms with Crippen LogP contribution in [-0.4, -0.2) is 38.8 Å². The molecule has 1 aliphatic rings. The van der Waals surface area contributed by atoms with E-state index in [9.17, 15) is 4.79 Å². The molecule has 1 saturated heterocycles.